The minimum atomic E-state index is -0.414. The van der Waals surface area contributed by atoms with E-state index in [1.54, 1.807) is 12.1 Å². The average molecular weight is 279 g/mol. The Labute approximate surface area is 119 Å². The number of nitrogens with two attached hydrogens (primary N) is 1. The van der Waals surface area contributed by atoms with Gasteiger partial charge >= 0.3 is 5.97 Å². The van der Waals surface area contributed by atoms with Crippen LogP contribution in [0.2, 0.25) is 0 Å². The normalized spacial score (nSPS) is 14.5. The van der Waals surface area contributed by atoms with Gasteiger partial charge in [-0.1, -0.05) is 19.3 Å². The lowest BCUT2D eigenvalue weighted by Gasteiger charge is -2.24. The number of hydrogen-bond donors (Lipinski definition) is 1. The number of anilines is 1. The lowest BCUT2D eigenvalue weighted by molar-refractivity contribution is 0.0465. The fourth-order valence-corrected chi connectivity index (χ4v) is 2.25. The number of benzene rings is 1. The highest BCUT2D eigenvalue weighted by molar-refractivity contribution is 5.96. The number of hydrogen-bond acceptors (Lipinski definition) is 5. The van der Waals surface area contributed by atoms with E-state index in [0.29, 0.717) is 35.3 Å². The summed E-state index contributed by atoms with van der Waals surface area (Å²) in [6, 6.07) is 3.13. The summed E-state index contributed by atoms with van der Waals surface area (Å²) in [5, 5.41) is 0. The molecule has 1 aromatic rings. The highest BCUT2D eigenvalue weighted by atomic mass is 16.5. The molecule has 0 saturated heterocycles. The lowest BCUT2D eigenvalue weighted by atomic mass is 9.83. The van der Waals surface area contributed by atoms with Crippen LogP contribution in [0.5, 0.6) is 11.5 Å². The minimum absolute atomic E-state index is 0.316. The second-order valence-electron chi connectivity index (χ2n) is 5.02. The second kappa shape index (κ2) is 6.50. The predicted molar refractivity (Wildman–Crippen MR) is 76.2 cm³/mol. The van der Waals surface area contributed by atoms with Crippen LogP contribution in [0, 0.1) is 5.92 Å². The van der Waals surface area contributed by atoms with Crippen molar-refractivity contribution in [2.45, 2.75) is 25.7 Å². The van der Waals surface area contributed by atoms with Gasteiger partial charge in [0.15, 0.2) is 11.5 Å². The van der Waals surface area contributed by atoms with E-state index in [9.17, 15) is 4.79 Å². The molecular formula is C15H21NO4. The van der Waals surface area contributed by atoms with Gasteiger partial charge in [-0.25, -0.2) is 4.79 Å². The summed E-state index contributed by atoms with van der Waals surface area (Å²) in [4.78, 5) is 12.0. The van der Waals surface area contributed by atoms with E-state index in [4.69, 9.17) is 19.9 Å². The van der Waals surface area contributed by atoms with E-state index >= 15 is 0 Å². The number of nitrogen functional groups attached to an aromatic ring is 1. The summed E-state index contributed by atoms with van der Waals surface area (Å²) in [6.07, 6.45) is 4.71. The van der Waals surface area contributed by atoms with E-state index in [1.165, 1.54) is 33.5 Å². The fourth-order valence-electron chi connectivity index (χ4n) is 2.25. The zero-order valence-electron chi connectivity index (χ0n) is 12.0. The molecule has 1 aliphatic carbocycles. The van der Waals surface area contributed by atoms with Crippen LogP contribution < -0.4 is 15.2 Å². The molecule has 0 amide bonds. The standard InChI is InChI=1S/C15H21NO4/c1-18-13-8-11(12(16)9-14(13)19-2)15(17)20-7-6-10-4-3-5-10/h8-10H,3-7,16H2,1-2H3. The first-order valence-electron chi connectivity index (χ1n) is 6.84. The van der Waals surface area contributed by atoms with Crippen molar-refractivity contribution in [2.75, 3.05) is 26.6 Å². The molecule has 2 rings (SSSR count). The van der Waals surface area contributed by atoms with Crippen LogP contribution in [0.15, 0.2) is 12.1 Å². The van der Waals surface area contributed by atoms with Crippen molar-refractivity contribution in [1.29, 1.82) is 0 Å². The Balaban J connectivity index is 2.00. The monoisotopic (exact) mass is 279 g/mol. The molecule has 0 radical (unpaired) electrons. The van der Waals surface area contributed by atoms with Crippen LogP contribution in [-0.2, 0) is 4.74 Å². The van der Waals surface area contributed by atoms with Crippen molar-refractivity contribution in [3.8, 4) is 11.5 Å². The summed E-state index contributed by atoms with van der Waals surface area (Å²) < 4.78 is 15.6. The van der Waals surface area contributed by atoms with Crippen molar-refractivity contribution in [1.82, 2.24) is 0 Å². The summed E-state index contributed by atoms with van der Waals surface area (Å²) in [5.74, 6) is 1.26. The maximum absolute atomic E-state index is 12.0. The molecule has 0 bridgehead atoms. The molecule has 0 unspecified atom stereocenters. The summed E-state index contributed by atoms with van der Waals surface area (Å²) in [7, 11) is 3.04. The molecule has 2 N–H and O–H groups in total. The molecule has 1 aromatic carbocycles. The van der Waals surface area contributed by atoms with Crippen LogP contribution in [0.3, 0.4) is 0 Å². The van der Waals surface area contributed by atoms with Crippen LogP contribution in [0.4, 0.5) is 5.69 Å². The molecule has 0 spiro atoms. The van der Waals surface area contributed by atoms with Crippen LogP contribution in [-0.4, -0.2) is 26.8 Å². The number of carbonyl (C=O) groups is 1. The quantitative estimate of drug-likeness (QED) is 0.640. The maximum atomic E-state index is 12.0. The molecule has 1 saturated carbocycles. The largest absolute Gasteiger partial charge is 0.493 e. The Morgan fingerprint density at radius 2 is 1.90 bits per heavy atom. The third-order valence-electron chi connectivity index (χ3n) is 3.76. The Kier molecular flexibility index (Phi) is 4.71. The number of methoxy groups -OCH3 is 2. The van der Waals surface area contributed by atoms with Crippen molar-refractivity contribution >= 4 is 11.7 Å². The maximum Gasteiger partial charge on any atom is 0.340 e. The van der Waals surface area contributed by atoms with Crippen molar-refractivity contribution < 1.29 is 19.0 Å². The van der Waals surface area contributed by atoms with Gasteiger partial charge in [0.2, 0.25) is 0 Å². The van der Waals surface area contributed by atoms with Gasteiger partial charge in [-0.2, -0.15) is 0 Å². The zero-order valence-corrected chi connectivity index (χ0v) is 12.0. The first-order chi connectivity index (χ1) is 9.65. The molecule has 1 aliphatic rings. The summed E-state index contributed by atoms with van der Waals surface area (Å²) >= 11 is 0. The van der Waals surface area contributed by atoms with Gasteiger partial charge in [0, 0.05) is 12.1 Å². The Morgan fingerprint density at radius 3 is 2.45 bits per heavy atom. The minimum Gasteiger partial charge on any atom is -0.493 e. The van der Waals surface area contributed by atoms with Gasteiger partial charge in [0.05, 0.1) is 32.1 Å². The van der Waals surface area contributed by atoms with E-state index in [2.05, 4.69) is 0 Å². The van der Waals surface area contributed by atoms with Crippen LogP contribution in [0.25, 0.3) is 0 Å². The molecule has 5 nitrogen and oxygen atoms in total. The molecule has 0 aromatic heterocycles. The summed E-state index contributed by atoms with van der Waals surface area (Å²) in [5.41, 5.74) is 6.50. The third kappa shape index (κ3) is 3.15. The molecule has 0 atom stereocenters. The van der Waals surface area contributed by atoms with Crippen molar-refractivity contribution in [3.63, 3.8) is 0 Å². The van der Waals surface area contributed by atoms with Crippen LogP contribution >= 0.6 is 0 Å². The molecular weight excluding hydrogens is 258 g/mol. The smallest absolute Gasteiger partial charge is 0.340 e. The SMILES string of the molecule is COc1cc(N)c(C(=O)OCCC2CCC2)cc1OC. The first-order valence-corrected chi connectivity index (χ1v) is 6.84. The van der Waals surface area contributed by atoms with E-state index in [0.717, 1.165) is 6.42 Å². The topological polar surface area (TPSA) is 70.8 Å². The highest BCUT2D eigenvalue weighted by Gasteiger charge is 2.19. The van der Waals surface area contributed by atoms with E-state index < -0.39 is 5.97 Å². The lowest BCUT2D eigenvalue weighted by Crippen LogP contribution is -2.16. The zero-order chi connectivity index (χ0) is 14.5. The van der Waals surface area contributed by atoms with Crippen molar-refractivity contribution in [2.24, 2.45) is 5.92 Å². The Hall–Kier alpha value is -1.91. The van der Waals surface area contributed by atoms with Gasteiger partial charge in [-0.3, -0.25) is 0 Å². The number of carbonyl (C=O) groups excluding carboxylic acids is 1. The number of rotatable bonds is 6. The molecule has 110 valence electrons. The van der Waals surface area contributed by atoms with Gasteiger partial charge in [-0.15, -0.1) is 0 Å². The summed E-state index contributed by atoms with van der Waals surface area (Å²) in [6.45, 7) is 0.442. The van der Waals surface area contributed by atoms with Crippen molar-refractivity contribution in [3.05, 3.63) is 17.7 Å². The molecule has 1 fully saturated rings. The molecule has 0 aliphatic heterocycles. The van der Waals surface area contributed by atoms with Gasteiger partial charge in [0.1, 0.15) is 0 Å². The predicted octanol–water partition coefficient (Wildman–Crippen LogP) is 2.63. The average Bonchev–Trinajstić information content (AvgIpc) is 2.40. The molecule has 5 heteroatoms. The molecule has 0 heterocycles. The highest BCUT2D eigenvalue weighted by Crippen LogP contribution is 2.32. The van der Waals surface area contributed by atoms with Crippen LogP contribution in [0.1, 0.15) is 36.0 Å². The second-order valence-corrected chi connectivity index (χ2v) is 5.02. The van der Waals surface area contributed by atoms with Gasteiger partial charge < -0.3 is 19.9 Å². The fraction of sp³-hybridized carbons (Fsp3) is 0.533. The van der Waals surface area contributed by atoms with E-state index in [1.807, 2.05) is 0 Å². The first kappa shape index (κ1) is 14.5. The van der Waals surface area contributed by atoms with Gasteiger partial charge in [0.25, 0.3) is 0 Å². The number of esters is 1. The molecule has 20 heavy (non-hydrogen) atoms. The van der Waals surface area contributed by atoms with E-state index in [-0.39, 0.29) is 0 Å². The Morgan fingerprint density at radius 1 is 1.25 bits per heavy atom. The third-order valence-corrected chi connectivity index (χ3v) is 3.76. The number of ether oxygens (including phenoxy) is 3. The van der Waals surface area contributed by atoms with Gasteiger partial charge in [-0.05, 0) is 12.3 Å². The Bertz CT molecular complexity index is 483.